The van der Waals surface area contributed by atoms with Gasteiger partial charge in [0.2, 0.25) is 5.82 Å². The van der Waals surface area contributed by atoms with Crippen molar-refractivity contribution in [3.05, 3.63) is 72.9 Å². The van der Waals surface area contributed by atoms with E-state index in [2.05, 4.69) is 26.5 Å². The van der Waals surface area contributed by atoms with Crippen LogP contribution in [0, 0.1) is 0 Å². The first-order valence-electron chi connectivity index (χ1n) is 8.38. The lowest BCUT2D eigenvalue weighted by Gasteiger charge is -2.06. The number of tetrazole rings is 1. The second-order valence-corrected chi connectivity index (χ2v) is 5.63. The highest BCUT2D eigenvalue weighted by Gasteiger charge is 2.09. The maximum absolute atomic E-state index is 5.50. The smallest absolute Gasteiger partial charge is 0.223 e. The van der Waals surface area contributed by atoms with Crippen molar-refractivity contribution in [1.29, 1.82) is 0 Å². The van der Waals surface area contributed by atoms with Crippen LogP contribution in [0.1, 0.15) is 6.92 Å². The fourth-order valence-electron chi connectivity index (χ4n) is 2.64. The van der Waals surface area contributed by atoms with Crippen LogP contribution in [-0.4, -0.2) is 31.8 Å². The number of nitrogens with zero attached hydrogens (tertiary/aromatic N) is 5. The molecule has 0 amide bonds. The molecule has 26 heavy (non-hydrogen) atoms. The van der Waals surface area contributed by atoms with Gasteiger partial charge in [-0.1, -0.05) is 30.3 Å². The zero-order chi connectivity index (χ0) is 17.8. The highest BCUT2D eigenvalue weighted by atomic mass is 16.5. The van der Waals surface area contributed by atoms with Crippen LogP contribution in [0.2, 0.25) is 0 Å². The summed E-state index contributed by atoms with van der Waals surface area (Å²) in [6.07, 6.45) is 1.71. The van der Waals surface area contributed by atoms with Gasteiger partial charge in [0, 0.05) is 6.20 Å². The third kappa shape index (κ3) is 3.30. The zero-order valence-corrected chi connectivity index (χ0v) is 14.3. The first kappa shape index (κ1) is 16.0. The average molecular weight is 343 g/mol. The van der Waals surface area contributed by atoms with E-state index in [-0.39, 0.29) is 0 Å². The molecule has 0 aliphatic rings. The molecule has 4 aromatic rings. The van der Waals surface area contributed by atoms with Crippen LogP contribution in [0.15, 0.2) is 72.9 Å². The molecular formula is C20H17N5O. The first-order chi connectivity index (χ1) is 12.8. The van der Waals surface area contributed by atoms with Gasteiger partial charge in [-0.25, -0.2) is 0 Å². The number of pyridine rings is 1. The van der Waals surface area contributed by atoms with E-state index in [1.54, 1.807) is 6.20 Å². The van der Waals surface area contributed by atoms with Crippen LogP contribution < -0.4 is 4.74 Å². The molecule has 0 N–H and O–H groups in total. The summed E-state index contributed by atoms with van der Waals surface area (Å²) in [5.41, 5.74) is 3.70. The second kappa shape index (κ2) is 7.14. The lowest BCUT2D eigenvalue weighted by atomic mass is 10.1. The Kier molecular flexibility index (Phi) is 4.38. The summed E-state index contributed by atoms with van der Waals surface area (Å²) in [6, 6.07) is 21.6. The van der Waals surface area contributed by atoms with Crippen molar-refractivity contribution >= 4 is 0 Å². The second-order valence-electron chi connectivity index (χ2n) is 5.63. The van der Waals surface area contributed by atoms with E-state index in [9.17, 15) is 0 Å². The van der Waals surface area contributed by atoms with Crippen molar-refractivity contribution in [2.45, 2.75) is 6.92 Å². The molecule has 6 heteroatoms. The van der Waals surface area contributed by atoms with E-state index < -0.39 is 0 Å². The highest BCUT2D eigenvalue weighted by Crippen LogP contribution is 2.24. The van der Waals surface area contributed by atoms with Crippen molar-refractivity contribution in [1.82, 2.24) is 25.2 Å². The molecule has 2 heterocycles. The van der Waals surface area contributed by atoms with Crippen LogP contribution in [0.5, 0.6) is 5.75 Å². The van der Waals surface area contributed by atoms with Crippen molar-refractivity contribution in [3.63, 3.8) is 0 Å². The van der Waals surface area contributed by atoms with Crippen LogP contribution in [0.25, 0.3) is 28.3 Å². The highest BCUT2D eigenvalue weighted by molar-refractivity contribution is 5.66. The maximum atomic E-state index is 5.50. The summed E-state index contributed by atoms with van der Waals surface area (Å²) in [6.45, 7) is 2.63. The molecule has 0 atom stereocenters. The predicted octanol–water partition coefficient (Wildman–Crippen LogP) is 3.79. The summed E-state index contributed by atoms with van der Waals surface area (Å²) >= 11 is 0. The molecule has 4 rings (SSSR count). The van der Waals surface area contributed by atoms with E-state index in [0.717, 1.165) is 22.6 Å². The van der Waals surface area contributed by atoms with Gasteiger partial charge in [0.15, 0.2) is 0 Å². The fraction of sp³-hybridized carbons (Fsp3) is 0.100. The summed E-state index contributed by atoms with van der Waals surface area (Å²) in [5.74, 6) is 1.36. The lowest BCUT2D eigenvalue weighted by molar-refractivity contribution is 0.340. The van der Waals surface area contributed by atoms with Crippen molar-refractivity contribution < 1.29 is 4.74 Å². The monoisotopic (exact) mass is 343 g/mol. The van der Waals surface area contributed by atoms with E-state index in [1.165, 1.54) is 4.80 Å². The minimum Gasteiger partial charge on any atom is -0.494 e. The number of ether oxygens (including phenoxy) is 1. The Balaban J connectivity index is 1.63. The Bertz CT molecular complexity index is 996. The van der Waals surface area contributed by atoms with E-state index in [1.807, 2.05) is 67.6 Å². The van der Waals surface area contributed by atoms with Gasteiger partial charge >= 0.3 is 0 Å². The van der Waals surface area contributed by atoms with Crippen molar-refractivity contribution in [3.8, 4) is 34.1 Å². The van der Waals surface area contributed by atoms with E-state index in [0.29, 0.717) is 18.1 Å². The largest absolute Gasteiger partial charge is 0.494 e. The molecule has 0 spiro atoms. The van der Waals surface area contributed by atoms with Gasteiger partial charge in [-0.05, 0) is 59.7 Å². The summed E-state index contributed by atoms with van der Waals surface area (Å²) in [7, 11) is 0. The number of rotatable bonds is 5. The van der Waals surface area contributed by atoms with E-state index >= 15 is 0 Å². The molecule has 0 fully saturated rings. The molecule has 2 aromatic heterocycles. The zero-order valence-electron chi connectivity index (χ0n) is 14.3. The SMILES string of the molecule is CCOc1ccc(-c2cccc(-n3nnc(-c4ccccn4)n3)c2)cc1. The molecule has 0 saturated heterocycles. The van der Waals surface area contributed by atoms with Crippen molar-refractivity contribution in [2.75, 3.05) is 6.61 Å². The molecule has 6 nitrogen and oxygen atoms in total. The molecule has 0 bridgehead atoms. The third-order valence-electron chi connectivity index (χ3n) is 3.88. The van der Waals surface area contributed by atoms with Gasteiger partial charge in [-0.15, -0.1) is 15.0 Å². The Morgan fingerprint density at radius 1 is 0.923 bits per heavy atom. The molecule has 0 aliphatic heterocycles. The molecule has 0 saturated carbocycles. The van der Waals surface area contributed by atoms with Gasteiger partial charge in [0.05, 0.1) is 12.3 Å². The molecule has 0 radical (unpaired) electrons. The van der Waals surface area contributed by atoms with Gasteiger partial charge < -0.3 is 4.74 Å². The summed E-state index contributed by atoms with van der Waals surface area (Å²) in [5, 5.41) is 12.7. The summed E-state index contributed by atoms with van der Waals surface area (Å²) in [4.78, 5) is 5.77. The summed E-state index contributed by atoms with van der Waals surface area (Å²) < 4.78 is 5.50. The van der Waals surface area contributed by atoms with E-state index in [4.69, 9.17) is 4.74 Å². The third-order valence-corrected chi connectivity index (χ3v) is 3.88. The molecule has 2 aromatic carbocycles. The normalized spacial score (nSPS) is 10.7. The fourth-order valence-corrected chi connectivity index (χ4v) is 2.64. The van der Waals surface area contributed by atoms with Crippen LogP contribution in [0.3, 0.4) is 0 Å². The predicted molar refractivity (Wildman–Crippen MR) is 99.0 cm³/mol. The minimum absolute atomic E-state index is 0.497. The maximum Gasteiger partial charge on any atom is 0.223 e. The van der Waals surface area contributed by atoms with Crippen molar-refractivity contribution in [2.24, 2.45) is 0 Å². The molecule has 0 unspecified atom stereocenters. The molecule has 128 valence electrons. The minimum atomic E-state index is 0.497. The van der Waals surface area contributed by atoms with Gasteiger partial charge in [0.25, 0.3) is 0 Å². The molecular weight excluding hydrogens is 326 g/mol. The quantitative estimate of drug-likeness (QED) is 0.551. The number of aromatic nitrogens is 5. The van der Waals surface area contributed by atoms with Crippen LogP contribution in [0.4, 0.5) is 0 Å². The molecule has 0 aliphatic carbocycles. The standard InChI is InChI=1S/C20H17N5O/c1-2-26-18-11-9-15(10-12-18)16-6-5-7-17(14-16)25-23-20(22-24-25)19-8-3-4-13-21-19/h3-14H,2H2,1H3. The van der Waals surface area contributed by atoms with Gasteiger partial charge in [0.1, 0.15) is 11.4 Å². The topological polar surface area (TPSA) is 65.7 Å². The Labute approximate surface area is 151 Å². The Morgan fingerprint density at radius 3 is 2.58 bits per heavy atom. The van der Waals surface area contributed by atoms with Crippen LogP contribution >= 0.6 is 0 Å². The average Bonchev–Trinajstić information content (AvgIpc) is 3.20. The number of hydrogen-bond donors (Lipinski definition) is 0. The first-order valence-corrected chi connectivity index (χ1v) is 8.38. The number of benzene rings is 2. The Morgan fingerprint density at radius 2 is 1.81 bits per heavy atom. The van der Waals surface area contributed by atoms with Gasteiger partial charge in [-0.2, -0.15) is 0 Å². The van der Waals surface area contributed by atoms with Crippen LogP contribution in [-0.2, 0) is 0 Å². The lowest BCUT2D eigenvalue weighted by Crippen LogP contribution is -1.99. The number of hydrogen-bond acceptors (Lipinski definition) is 5. The Hall–Kier alpha value is -3.54. The van der Waals surface area contributed by atoms with Gasteiger partial charge in [-0.3, -0.25) is 4.98 Å².